The summed E-state index contributed by atoms with van der Waals surface area (Å²) >= 11 is 6.79. The van der Waals surface area contributed by atoms with Crippen LogP contribution in [0.5, 0.6) is 0 Å². The Hall–Kier alpha value is -2.86. The van der Waals surface area contributed by atoms with Crippen molar-refractivity contribution in [2.24, 2.45) is 0 Å². The van der Waals surface area contributed by atoms with Gasteiger partial charge in [0.1, 0.15) is 25.8 Å². The van der Waals surface area contributed by atoms with Crippen LogP contribution in [0.1, 0.15) is 5.56 Å². The average molecular weight is 447 g/mol. The first kappa shape index (κ1) is 19.5. The van der Waals surface area contributed by atoms with Gasteiger partial charge in [0.25, 0.3) is 0 Å². The van der Waals surface area contributed by atoms with Crippen LogP contribution in [0, 0.1) is 23.0 Å². The molecule has 0 amide bonds. The molecule has 0 fully saturated rings. The lowest BCUT2D eigenvalue weighted by Crippen LogP contribution is -2.03. The van der Waals surface area contributed by atoms with Crippen LogP contribution in [0.2, 0.25) is 5.15 Å². The molecule has 0 aliphatic heterocycles. The van der Waals surface area contributed by atoms with E-state index in [1.165, 1.54) is 24.3 Å². The van der Waals surface area contributed by atoms with Crippen molar-refractivity contribution < 1.29 is 17.2 Å². The first-order valence-corrected chi connectivity index (χ1v) is 10.8. The van der Waals surface area contributed by atoms with Gasteiger partial charge in [-0.25, -0.2) is 22.2 Å². The number of rotatable bonds is 3. The molecule has 2 heterocycles. The topological polar surface area (TPSA) is 70.8 Å². The summed E-state index contributed by atoms with van der Waals surface area (Å²) in [4.78, 5) is 4.13. The molecule has 29 heavy (non-hydrogen) atoms. The fourth-order valence-corrected chi connectivity index (χ4v) is 6.28. The zero-order chi connectivity index (χ0) is 20.8. The van der Waals surface area contributed by atoms with Crippen LogP contribution in [0.3, 0.4) is 0 Å². The van der Waals surface area contributed by atoms with Crippen LogP contribution >= 0.6 is 22.9 Å². The Labute approximate surface area is 173 Å². The Bertz CT molecular complexity index is 1430. The maximum atomic E-state index is 13.9. The molecule has 0 saturated carbocycles. The van der Waals surface area contributed by atoms with E-state index >= 15 is 0 Å². The number of benzene rings is 2. The van der Waals surface area contributed by atoms with Crippen LogP contribution in [0.25, 0.3) is 21.3 Å². The normalized spacial score (nSPS) is 11.5. The van der Waals surface area contributed by atoms with Crippen molar-refractivity contribution >= 4 is 43.0 Å². The zero-order valence-electron chi connectivity index (χ0n) is 14.4. The minimum absolute atomic E-state index is 0.127. The highest BCUT2D eigenvalue weighted by atomic mass is 35.5. The second kappa shape index (κ2) is 7.19. The van der Waals surface area contributed by atoms with Gasteiger partial charge in [-0.05, 0) is 48.0 Å². The van der Waals surface area contributed by atoms with E-state index in [4.69, 9.17) is 16.9 Å². The SMILES string of the molecule is N#Cc1cc(F)cc(S(=O)(=O)c2sc3nc(Cl)ccc3c2-c2cccc(F)c2)c1. The zero-order valence-corrected chi connectivity index (χ0v) is 16.7. The fourth-order valence-electron chi connectivity index (χ4n) is 2.93. The van der Waals surface area contributed by atoms with Gasteiger partial charge in [0.15, 0.2) is 0 Å². The Morgan fingerprint density at radius 1 is 1.03 bits per heavy atom. The summed E-state index contributed by atoms with van der Waals surface area (Å²) < 4.78 is 54.4. The Kier molecular flexibility index (Phi) is 4.82. The van der Waals surface area contributed by atoms with E-state index in [2.05, 4.69) is 4.98 Å². The molecule has 0 unspecified atom stereocenters. The van der Waals surface area contributed by atoms with Crippen molar-refractivity contribution in [3.63, 3.8) is 0 Å². The molecule has 0 aliphatic carbocycles. The highest BCUT2D eigenvalue weighted by Gasteiger charge is 2.28. The van der Waals surface area contributed by atoms with Crippen LogP contribution in [0.4, 0.5) is 8.78 Å². The summed E-state index contributed by atoms with van der Waals surface area (Å²) in [5.41, 5.74) is 0.449. The van der Waals surface area contributed by atoms with E-state index in [0.29, 0.717) is 15.8 Å². The van der Waals surface area contributed by atoms with E-state index in [1.807, 2.05) is 0 Å². The van der Waals surface area contributed by atoms with E-state index < -0.39 is 21.5 Å². The molecule has 144 valence electrons. The molecule has 9 heteroatoms. The summed E-state index contributed by atoms with van der Waals surface area (Å²) in [6, 6.07) is 13.2. The second-order valence-corrected chi connectivity index (χ2v) is 9.58. The minimum atomic E-state index is -4.24. The molecule has 0 radical (unpaired) electrons. The van der Waals surface area contributed by atoms with Gasteiger partial charge in [-0.2, -0.15) is 5.26 Å². The van der Waals surface area contributed by atoms with Gasteiger partial charge in [0, 0.05) is 10.9 Å². The van der Waals surface area contributed by atoms with Gasteiger partial charge >= 0.3 is 0 Å². The summed E-state index contributed by atoms with van der Waals surface area (Å²) in [7, 11) is -4.24. The number of aromatic nitrogens is 1. The third-order valence-electron chi connectivity index (χ3n) is 4.16. The van der Waals surface area contributed by atoms with Crippen molar-refractivity contribution in [1.82, 2.24) is 4.98 Å². The van der Waals surface area contributed by atoms with Crippen molar-refractivity contribution in [3.05, 3.63) is 76.9 Å². The summed E-state index contributed by atoms with van der Waals surface area (Å²) in [6.45, 7) is 0. The molecule has 0 saturated heterocycles. The van der Waals surface area contributed by atoms with Crippen molar-refractivity contribution in [1.29, 1.82) is 5.26 Å². The van der Waals surface area contributed by atoms with Gasteiger partial charge in [-0.3, -0.25) is 0 Å². The van der Waals surface area contributed by atoms with Crippen molar-refractivity contribution in [3.8, 4) is 17.2 Å². The maximum absolute atomic E-state index is 13.9. The number of nitrogens with zero attached hydrogens (tertiary/aromatic N) is 2. The van der Waals surface area contributed by atoms with Crippen molar-refractivity contribution in [2.45, 2.75) is 9.10 Å². The summed E-state index contributed by atoms with van der Waals surface area (Å²) in [6.07, 6.45) is 0. The van der Waals surface area contributed by atoms with Crippen LogP contribution in [-0.4, -0.2) is 13.4 Å². The van der Waals surface area contributed by atoms with Gasteiger partial charge in [-0.15, -0.1) is 11.3 Å². The van der Waals surface area contributed by atoms with Crippen LogP contribution in [-0.2, 0) is 9.84 Å². The minimum Gasteiger partial charge on any atom is -0.225 e. The number of sulfone groups is 1. The number of hydrogen-bond donors (Lipinski definition) is 0. The standard InChI is InChI=1S/C20H9ClF2N2O2S2/c21-17-5-4-16-18(12-2-1-3-13(22)8-12)20(28-19(16)25-17)29(26,27)15-7-11(10-24)6-14(23)9-15/h1-9H. The molecule has 2 aromatic heterocycles. The molecular formula is C20H9ClF2N2O2S2. The van der Waals surface area contributed by atoms with E-state index in [0.717, 1.165) is 29.5 Å². The molecule has 0 bridgehead atoms. The lowest BCUT2D eigenvalue weighted by Gasteiger charge is -2.08. The van der Waals surface area contributed by atoms with Crippen molar-refractivity contribution in [2.75, 3.05) is 0 Å². The molecule has 0 N–H and O–H groups in total. The molecule has 4 nitrogen and oxygen atoms in total. The highest BCUT2D eigenvalue weighted by Crippen LogP contribution is 2.43. The fraction of sp³-hybridized carbons (Fsp3) is 0. The van der Waals surface area contributed by atoms with E-state index in [-0.39, 0.29) is 25.4 Å². The first-order valence-electron chi connectivity index (χ1n) is 8.10. The van der Waals surface area contributed by atoms with Crippen LogP contribution in [0.15, 0.2) is 63.7 Å². The van der Waals surface area contributed by atoms with E-state index in [9.17, 15) is 17.2 Å². The maximum Gasteiger partial charge on any atom is 0.216 e. The number of hydrogen-bond acceptors (Lipinski definition) is 5. The molecular weight excluding hydrogens is 438 g/mol. The quantitative estimate of drug-likeness (QED) is 0.384. The lowest BCUT2D eigenvalue weighted by atomic mass is 10.1. The average Bonchev–Trinajstić information content (AvgIpc) is 3.06. The number of thiophene rings is 1. The predicted octanol–water partition coefficient (Wildman–Crippen LogP) is 5.60. The van der Waals surface area contributed by atoms with Crippen LogP contribution < -0.4 is 0 Å². The molecule has 4 aromatic rings. The number of nitriles is 1. The number of fused-ring (bicyclic) bond motifs is 1. The second-order valence-electron chi connectivity index (χ2n) is 6.05. The Morgan fingerprint density at radius 2 is 1.83 bits per heavy atom. The largest absolute Gasteiger partial charge is 0.225 e. The van der Waals surface area contributed by atoms with E-state index in [1.54, 1.807) is 18.2 Å². The molecule has 0 aliphatic rings. The molecule has 2 aromatic carbocycles. The Morgan fingerprint density at radius 3 is 2.55 bits per heavy atom. The van der Waals surface area contributed by atoms with Gasteiger partial charge in [0.2, 0.25) is 9.84 Å². The molecule has 0 spiro atoms. The summed E-state index contributed by atoms with van der Waals surface area (Å²) in [5.74, 6) is -1.39. The van der Waals surface area contributed by atoms with Gasteiger partial charge in [-0.1, -0.05) is 23.7 Å². The molecule has 4 rings (SSSR count). The third-order valence-corrected chi connectivity index (χ3v) is 7.72. The number of pyridine rings is 1. The first-order chi connectivity index (χ1) is 13.8. The predicted molar refractivity (Wildman–Crippen MR) is 107 cm³/mol. The smallest absolute Gasteiger partial charge is 0.216 e. The monoisotopic (exact) mass is 446 g/mol. The molecule has 0 atom stereocenters. The lowest BCUT2D eigenvalue weighted by molar-refractivity contribution is 0.592. The Balaban J connectivity index is 2.07. The third kappa shape index (κ3) is 3.49. The van der Waals surface area contributed by atoms with Gasteiger partial charge < -0.3 is 0 Å². The highest BCUT2D eigenvalue weighted by molar-refractivity contribution is 7.93. The van der Waals surface area contributed by atoms with Gasteiger partial charge in [0.05, 0.1) is 16.5 Å². The number of halogens is 3. The summed E-state index contributed by atoms with van der Waals surface area (Å²) in [5, 5.41) is 9.70.